The van der Waals surface area contributed by atoms with Crippen LogP contribution in [0, 0.1) is 16.7 Å². The molecule has 1 aromatic carbocycles. The number of carbonyl (C=O) groups excluding carboxylic acids is 1. The molecule has 4 N–H and O–H groups in total. The highest BCUT2D eigenvalue weighted by Crippen LogP contribution is 2.38. The van der Waals surface area contributed by atoms with Crippen molar-refractivity contribution in [2.45, 2.75) is 18.6 Å². The van der Waals surface area contributed by atoms with E-state index in [1.807, 2.05) is 18.4 Å². The second kappa shape index (κ2) is 6.44. The molecule has 3 rings (SSSR count). The number of guanidine groups is 1. The first-order valence-electron chi connectivity index (χ1n) is 7.87. The Morgan fingerprint density at radius 1 is 1.38 bits per heavy atom. The highest BCUT2D eigenvalue weighted by atomic mass is 32.1. The second-order valence-electron chi connectivity index (χ2n) is 6.34. The SMILES string of the molecule is COC1C(=O)N(C)C(=N)NC1(C)c1cc(-c2cc(N)cc(C#N)c2)cs1. The Morgan fingerprint density at radius 3 is 2.77 bits per heavy atom. The summed E-state index contributed by atoms with van der Waals surface area (Å²) in [6.45, 7) is 1.84. The molecule has 1 aromatic heterocycles. The Labute approximate surface area is 155 Å². The lowest BCUT2D eigenvalue weighted by Gasteiger charge is -2.43. The summed E-state index contributed by atoms with van der Waals surface area (Å²) in [7, 11) is 3.02. The van der Waals surface area contributed by atoms with Gasteiger partial charge in [0.15, 0.2) is 12.1 Å². The van der Waals surface area contributed by atoms with Gasteiger partial charge in [-0.15, -0.1) is 11.3 Å². The van der Waals surface area contributed by atoms with Crippen molar-refractivity contribution in [3.05, 3.63) is 40.1 Å². The molecule has 1 fully saturated rings. The fourth-order valence-corrected chi connectivity index (χ4v) is 4.15. The number of methoxy groups -OCH3 is 1. The van der Waals surface area contributed by atoms with Crippen LogP contribution in [0.15, 0.2) is 29.6 Å². The predicted octanol–water partition coefficient (Wildman–Crippen LogP) is 2.10. The number of rotatable bonds is 3. The van der Waals surface area contributed by atoms with E-state index in [0.29, 0.717) is 11.3 Å². The van der Waals surface area contributed by atoms with Crippen molar-refractivity contribution in [2.75, 3.05) is 19.9 Å². The fourth-order valence-electron chi connectivity index (χ4n) is 3.10. The zero-order valence-electron chi connectivity index (χ0n) is 14.7. The van der Waals surface area contributed by atoms with Gasteiger partial charge in [0.1, 0.15) is 5.54 Å². The van der Waals surface area contributed by atoms with Crippen molar-refractivity contribution in [1.29, 1.82) is 10.7 Å². The molecule has 0 radical (unpaired) electrons. The predicted molar refractivity (Wildman–Crippen MR) is 101 cm³/mol. The van der Waals surface area contributed by atoms with E-state index in [1.165, 1.54) is 23.3 Å². The average molecular weight is 369 g/mol. The number of nitriles is 1. The lowest BCUT2D eigenvalue weighted by Crippen LogP contribution is -2.66. The maximum Gasteiger partial charge on any atom is 0.260 e. The number of likely N-dealkylation sites (N-methyl/N-ethyl adjacent to an activating group) is 1. The Bertz CT molecular complexity index is 932. The molecule has 0 aliphatic carbocycles. The zero-order chi connectivity index (χ0) is 19.1. The Kier molecular flexibility index (Phi) is 4.44. The molecule has 1 amide bonds. The molecule has 26 heavy (non-hydrogen) atoms. The van der Waals surface area contributed by atoms with Gasteiger partial charge in [-0.25, -0.2) is 0 Å². The van der Waals surface area contributed by atoms with E-state index in [-0.39, 0.29) is 11.9 Å². The zero-order valence-corrected chi connectivity index (χ0v) is 15.5. The normalized spacial score (nSPS) is 22.8. The minimum Gasteiger partial charge on any atom is -0.399 e. The maximum atomic E-state index is 12.5. The van der Waals surface area contributed by atoms with Crippen molar-refractivity contribution < 1.29 is 9.53 Å². The summed E-state index contributed by atoms with van der Waals surface area (Å²) >= 11 is 1.46. The van der Waals surface area contributed by atoms with E-state index in [4.69, 9.17) is 21.1 Å². The number of nitrogens with one attached hydrogen (secondary N) is 2. The van der Waals surface area contributed by atoms with Crippen molar-refractivity contribution >= 4 is 28.9 Å². The van der Waals surface area contributed by atoms with Gasteiger partial charge in [-0.1, -0.05) is 0 Å². The average Bonchev–Trinajstić information content (AvgIpc) is 3.10. The summed E-state index contributed by atoms with van der Waals surface area (Å²) in [5.41, 5.74) is 7.75. The summed E-state index contributed by atoms with van der Waals surface area (Å²) in [6.07, 6.45) is -0.761. The third kappa shape index (κ3) is 2.81. The second-order valence-corrected chi connectivity index (χ2v) is 7.26. The number of thiophene rings is 1. The molecule has 2 aromatic rings. The highest BCUT2D eigenvalue weighted by Gasteiger charge is 2.48. The van der Waals surface area contributed by atoms with E-state index in [1.54, 1.807) is 25.2 Å². The minimum atomic E-state index is -0.864. The summed E-state index contributed by atoms with van der Waals surface area (Å²) in [5, 5.41) is 22.2. The van der Waals surface area contributed by atoms with Gasteiger partial charge in [0.05, 0.1) is 11.6 Å². The van der Waals surface area contributed by atoms with Gasteiger partial charge in [-0.05, 0) is 47.7 Å². The van der Waals surface area contributed by atoms with Crippen LogP contribution < -0.4 is 11.1 Å². The number of nitrogens with two attached hydrogens (primary N) is 1. The summed E-state index contributed by atoms with van der Waals surface area (Å²) in [5.74, 6) is -0.249. The van der Waals surface area contributed by atoms with Crippen molar-refractivity contribution in [3.8, 4) is 17.2 Å². The van der Waals surface area contributed by atoms with Crippen LogP contribution in [0.3, 0.4) is 0 Å². The number of hydrogen-bond donors (Lipinski definition) is 3. The van der Waals surface area contributed by atoms with Crippen LogP contribution in [0.2, 0.25) is 0 Å². The number of hydrogen-bond acceptors (Lipinski definition) is 6. The molecule has 7 nitrogen and oxygen atoms in total. The van der Waals surface area contributed by atoms with E-state index in [2.05, 4.69) is 11.4 Å². The molecule has 0 saturated carbocycles. The molecule has 0 spiro atoms. The molecule has 134 valence electrons. The third-order valence-corrected chi connectivity index (χ3v) is 5.73. The molecule has 1 aliphatic rings. The summed E-state index contributed by atoms with van der Waals surface area (Å²) in [4.78, 5) is 14.6. The van der Waals surface area contributed by atoms with Gasteiger partial charge in [-0.2, -0.15) is 5.26 Å². The number of nitrogen functional groups attached to an aromatic ring is 1. The van der Waals surface area contributed by atoms with Crippen molar-refractivity contribution in [3.63, 3.8) is 0 Å². The summed E-state index contributed by atoms with van der Waals surface area (Å²) in [6, 6.07) is 9.23. The standard InChI is InChI=1S/C18H19N5O2S/c1-18(15(25-3)16(24)23(2)17(21)22-18)14-7-12(9-26-14)11-4-10(8-19)5-13(20)6-11/h4-7,9,15H,20H2,1-3H3,(H2,21,22). The van der Waals surface area contributed by atoms with E-state index in [9.17, 15) is 4.79 Å². The molecule has 0 bridgehead atoms. The smallest absolute Gasteiger partial charge is 0.260 e. The van der Waals surface area contributed by atoms with Gasteiger partial charge in [0.2, 0.25) is 0 Å². The van der Waals surface area contributed by atoms with Crippen molar-refractivity contribution in [2.24, 2.45) is 0 Å². The first-order chi connectivity index (χ1) is 12.3. The number of carbonyl (C=O) groups is 1. The summed E-state index contributed by atoms with van der Waals surface area (Å²) < 4.78 is 5.46. The van der Waals surface area contributed by atoms with Crippen LogP contribution in [0.5, 0.6) is 0 Å². The lowest BCUT2D eigenvalue weighted by molar-refractivity contribution is -0.144. The van der Waals surface area contributed by atoms with Crippen LogP contribution in [-0.2, 0) is 15.1 Å². The number of anilines is 1. The largest absolute Gasteiger partial charge is 0.399 e. The van der Waals surface area contributed by atoms with Crippen molar-refractivity contribution in [1.82, 2.24) is 10.2 Å². The lowest BCUT2D eigenvalue weighted by atomic mass is 9.89. The van der Waals surface area contributed by atoms with Gasteiger partial charge < -0.3 is 15.8 Å². The van der Waals surface area contributed by atoms with Crippen LogP contribution in [0.4, 0.5) is 5.69 Å². The maximum absolute atomic E-state index is 12.5. The van der Waals surface area contributed by atoms with Crippen LogP contribution >= 0.6 is 11.3 Å². The van der Waals surface area contributed by atoms with Crippen LogP contribution in [0.25, 0.3) is 11.1 Å². The van der Waals surface area contributed by atoms with E-state index in [0.717, 1.165) is 16.0 Å². The molecule has 2 unspecified atom stereocenters. The Balaban J connectivity index is 2.03. The molecule has 1 aliphatic heterocycles. The van der Waals surface area contributed by atoms with Gasteiger partial charge >= 0.3 is 0 Å². The molecule has 1 saturated heterocycles. The highest BCUT2D eigenvalue weighted by molar-refractivity contribution is 7.10. The van der Waals surface area contributed by atoms with E-state index < -0.39 is 11.6 Å². The van der Waals surface area contributed by atoms with Gasteiger partial charge in [0.25, 0.3) is 5.91 Å². The number of benzene rings is 1. The third-order valence-electron chi connectivity index (χ3n) is 4.56. The quantitative estimate of drug-likeness (QED) is 0.717. The molecule has 2 heterocycles. The van der Waals surface area contributed by atoms with Gasteiger partial charge in [-0.3, -0.25) is 15.1 Å². The van der Waals surface area contributed by atoms with Crippen LogP contribution in [0.1, 0.15) is 17.4 Å². The topological polar surface area (TPSA) is 115 Å². The van der Waals surface area contributed by atoms with Gasteiger partial charge in [0, 0.05) is 24.7 Å². The molecule has 2 atom stereocenters. The molecular formula is C18H19N5O2S. The Morgan fingerprint density at radius 2 is 2.12 bits per heavy atom. The minimum absolute atomic E-state index is 0.0245. The fraction of sp³-hybridized carbons (Fsp3) is 0.278. The number of amides is 1. The van der Waals surface area contributed by atoms with E-state index >= 15 is 0 Å². The molecule has 8 heteroatoms. The Hall–Kier alpha value is -2.89. The number of nitrogens with zero attached hydrogens (tertiary/aromatic N) is 2. The first-order valence-corrected chi connectivity index (χ1v) is 8.75. The monoisotopic (exact) mass is 369 g/mol. The first kappa shape index (κ1) is 17.9. The molecular weight excluding hydrogens is 350 g/mol. The number of ether oxygens (including phenoxy) is 1. The van der Waals surface area contributed by atoms with Crippen LogP contribution in [-0.4, -0.2) is 37.0 Å².